The van der Waals surface area contributed by atoms with Crippen LogP contribution >= 0.6 is 0 Å². The molecule has 6 fully saturated rings. The van der Waals surface area contributed by atoms with Crippen LogP contribution in [0.5, 0.6) is 0 Å². The van der Waals surface area contributed by atoms with Crippen molar-refractivity contribution in [2.45, 2.75) is 144 Å². The first-order valence-corrected chi connectivity index (χ1v) is 16.8. The van der Waals surface area contributed by atoms with Gasteiger partial charge in [-0.05, 0) is 146 Å². The minimum atomic E-state index is -0.134. The summed E-state index contributed by atoms with van der Waals surface area (Å²) in [6, 6.07) is 0. The highest BCUT2D eigenvalue weighted by Gasteiger charge is 2.70. The molecule has 6 aliphatic rings. The molecule has 0 spiro atoms. The fourth-order valence-corrected chi connectivity index (χ4v) is 12.9. The van der Waals surface area contributed by atoms with Crippen LogP contribution in [-0.2, 0) is 9.47 Å². The summed E-state index contributed by atoms with van der Waals surface area (Å²) in [5, 5.41) is 11.0. The SMILES string of the molecule is CC(C)[C@@H]1CC[C@]2(COC3CCCCO3)CC[C@]3(C)[C@H](CC[C@@H]4[C@@]5(C)CC[C@H](O)C(C)(C)[C@@H]5CC[C@]43C)[C@@H]12. The molecule has 1 unspecified atom stereocenters. The van der Waals surface area contributed by atoms with E-state index in [9.17, 15) is 5.11 Å². The molecule has 0 aromatic carbocycles. The maximum Gasteiger partial charge on any atom is 0.157 e. The summed E-state index contributed by atoms with van der Waals surface area (Å²) >= 11 is 0. The first-order chi connectivity index (χ1) is 17.9. The number of fused-ring (bicyclic) bond motifs is 7. The summed E-state index contributed by atoms with van der Waals surface area (Å²) in [6.07, 6.45) is 16.6. The van der Waals surface area contributed by atoms with Crippen molar-refractivity contribution in [2.75, 3.05) is 13.2 Å². The van der Waals surface area contributed by atoms with E-state index < -0.39 is 0 Å². The Morgan fingerprint density at radius 2 is 1.58 bits per heavy atom. The molecule has 1 saturated heterocycles. The van der Waals surface area contributed by atoms with Gasteiger partial charge >= 0.3 is 0 Å². The van der Waals surface area contributed by atoms with Crippen LogP contribution in [0.15, 0.2) is 0 Å². The van der Waals surface area contributed by atoms with Crippen LogP contribution in [0.3, 0.4) is 0 Å². The average Bonchev–Trinajstić information content (AvgIpc) is 3.27. The summed E-state index contributed by atoms with van der Waals surface area (Å²) in [5.74, 6) is 4.67. The molecular weight excluding hydrogens is 468 g/mol. The molecule has 0 aromatic rings. The first-order valence-electron chi connectivity index (χ1n) is 16.8. The highest BCUT2D eigenvalue weighted by molar-refractivity contribution is 5.19. The molecule has 1 heterocycles. The zero-order chi connectivity index (χ0) is 27.1. The molecular formula is C35H60O3. The van der Waals surface area contributed by atoms with Crippen LogP contribution in [0, 0.1) is 62.6 Å². The number of hydrogen-bond acceptors (Lipinski definition) is 3. The van der Waals surface area contributed by atoms with E-state index in [0.717, 1.165) is 55.6 Å². The quantitative estimate of drug-likeness (QED) is 0.397. The van der Waals surface area contributed by atoms with Crippen molar-refractivity contribution < 1.29 is 14.6 Å². The molecule has 6 rings (SSSR count). The van der Waals surface area contributed by atoms with Crippen LogP contribution in [0.25, 0.3) is 0 Å². The van der Waals surface area contributed by atoms with E-state index in [0.29, 0.717) is 27.6 Å². The molecule has 5 aliphatic carbocycles. The summed E-state index contributed by atoms with van der Waals surface area (Å²) in [6.45, 7) is 19.8. The van der Waals surface area contributed by atoms with E-state index in [1.807, 2.05) is 0 Å². The van der Waals surface area contributed by atoms with Gasteiger partial charge in [-0.1, -0.05) is 48.5 Å². The molecule has 0 bridgehead atoms. The highest BCUT2D eigenvalue weighted by Crippen LogP contribution is 2.77. The van der Waals surface area contributed by atoms with Crippen molar-refractivity contribution in [2.24, 2.45) is 62.6 Å². The van der Waals surface area contributed by atoms with Gasteiger partial charge < -0.3 is 14.6 Å². The third kappa shape index (κ3) is 3.82. The summed E-state index contributed by atoms with van der Waals surface area (Å²) in [5.41, 5.74) is 1.59. The lowest BCUT2D eigenvalue weighted by Crippen LogP contribution is -2.67. The topological polar surface area (TPSA) is 38.7 Å². The average molecular weight is 529 g/mol. The molecule has 11 atom stereocenters. The van der Waals surface area contributed by atoms with Gasteiger partial charge in [-0.2, -0.15) is 0 Å². The highest BCUT2D eigenvalue weighted by atomic mass is 16.7. The van der Waals surface area contributed by atoms with Gasteiger partial charge in [-0.15, -0.1) is 0 Å². The number of aliphatic hydroxyl groups is 1. The number of aliphatic hydroxyl groups excluding tert-OH is 1. The standard InChI is InChI=1S/C35H60O3/c1-23(2)24-13-18-35(22-38-29-10-8-9-21-37-29)20-19-33(6)25(30(24)35)11-12-27-32(5)16-15-28(36)31(3,4)26(32)14-17-34(27,33)7/h23-30,36H,8-22H2,1-7H3/t24-,25+,26-,27+,28-,29?,30+,32-,33+,34+,35+/m0/s1. The molecule has 1 aliphatic heterocycles. The second-order valence-electron chi connectivity index (χ2n) is 17.0. The van der Waals surface area contributed by atoms with Crippen molar-refractivity contribution in [3.8, 4) is 0 Å². The lowest BCUT2D eigenvalue weighted by molar-refractivity contribution is -0.257. The van der Waals surface area contributed by atoms with Gasteiger partial charge in [0.2, 0.25) is 0 Å². The van der Waals surface area contributed by atoms with Gasteiger partial charge in [0, 0.05) is 6.61 Å². The zero-order valence-corrected chi connectivity index (χ0v) is 26.0. The summed E-state index contributed by atoms with van der Waals surface area (Å²) in [7, 11) is 0. The summed E-state index contributed by atoms with van der Waals surface area (Å²) in [4.78, 5) is 0. The minimum Gasteiger partial charge on any atom is -0.393 e. The van der Waals surface area contributed by atoms with Gasteiger partial charge in [0.1, 0.15) is 0 Å². The second kappa shape index (κ2) is 9.45. The molecule has 38 heavy (non-hydrogen) atoms. The monoisotopic (exact) mass is 528 g/mol. The fourth-order valence-electron chi connectivity index (χ4n) is 12.9. The summed E-state index contributed by atoms with van der Waals surface area (Å²) < 4.78 is 12.7. The molecule has 5 saturated carbocycles. The van der Waals surface area contributed by atoms with Crippen molar-refractivity contribution in [3.63, 3.8) is 0 Å². The minimum absolute atomic E-state index is 0.0404. The van der Waals surface area contributed by atoms with Crippen LogP contribution in [0.1, 0.15) is 132 Å². The zero-order valence-electron chi connectivity index (χ0n) is 26.0. The van der Waals surface area contributed by atoms with E-state index >= 15 is 0 Å². The van der Waals surface area contributed by atoms with E-state index in [2.05, 4.69) is 48.5 Å². The van der Waals surface area contributed by atoms with E-state index in [1.165, 1.54) is 70.6 Å². The van der Waals surface area contributed by atoms with E-state index in [4.69, 9.17) is 9.47 Å². The second-order valence-corrected chi connectivity index (χ2v) is 17.0. The Hall–Kier alpha value is -0.120. The molecule has 0 radical (unpaired) electrons. The Balaban J connectivity index is 1.31. The first kappa shape index (κ1) is 28.0. The van der Waals surface area contributed by atoms with Crippen LogP contribution in [0.2, 0.25) is 0 Å². The molecule has 0 amide bonds. The van der Waals surface area contributed by atoms with Gasteiger partial charge in [0.25, 0.3) is 0 Å². The van der Waals surface area contributed by atoms with Crippen molar-refractivity contribution in [1.82, 2.24) is 0 Å². The molecule has 3 nitrogen and oxygen atoms in total. The van der Waals surface area contributed by atoms with Gasteiger partial charge in [-0.3, -0.25) is 0 Å². The third-order valence-electron chi connectivity index (χ3n) is 15.2. The predicted molar refractivity (Wildman–Crippen MR) is 155 cm³/mol. The molecule has 3 heteroatoms. The number of rotatable bonds is 4. The maximum atomic E-state index is 11.0. The van der Waals surface area contributed by atoms with E-state index in [-0.39, 0.29) is 17.8 Å². The lowest BCUT2D eigenvalue weighted by atomic mass is 9.32. The predicted octanol–water partition coefficient (Wildman–Crippen LogP) is 8.63. The van der Waals surface area contributed by atoms with Crippen molar-refractivity contribution >= 4 is 0 Å². The fraction of sp³-hybridized carbons (Fsp3) is 1.00. The molecule has 0 aromatic heterocycles. The Kier molecular flexibility index (Phi) is 6.97. The van der Waals surface area contributed by atoms with E-state index in [1.54, 1.807) is 0 Å². The largest absolute Gasteiger partial charge is 0.393 e. The Labute approximate surface area is 234 Å². The van der Waals surface area contributed by atoms with Crippen LogP contribution < -0.4 is 0 Å². The van der Waals surface area contributed by atoms with Gasteiger partial charge in [0.05, 0.1) is 12.7 Å². The number of ether oxygens (including phenoxy) is 2. The van der Waals surface area contributed by atoms with Crippen molar-refractivity contribution in [1.29, 1.82) is 0 Å². The number of hydrogen-bond donors (Lipinski definition) is 1. The van der Waals surface area contributed by atoms with Gasteiger partial charge in [-0.25, -0.2) is 0 Å². The van der Waals surface area contributed by atoms with Crippen LogP contribution in [0.4, 0.5) is 0 Å². The van der Waals surface area contributed by atoms with Gasteiger partial charge in [0.15, 0.2) is 6.29 Å². The normalized spacial score (nSPS) is 54.1. The Bertz CT molecular complexity index is 876. The smallest absolute Gasteiger partial charge is 0.157 e. The van der Waals surface area contributed by atoms with Crippen molar-refractivity contribution in [3.05, 3.63) is 0 Å². The Morgan fingerprint density at radius 3 is 2.29 bits per heavy atom. The van der Waals surface area contributed by atoms with Crippen LogP contribution in [-0.4, -0.2) is 30.7 Å². The third-order valence-corrected chi connectivity index (χ3v) is 15.2. The Morgan fingerprint density at radius 1 is 0.789 bits per heavy atom. The lowest BCUT2D eigenvalue weighted by Gasteiger charge is -2.73. The molecule has 218 valence electrons. The molecule has 1 N–H and O–H groups in total. The maximum absolute atomic E-state index is 11.0.